The fourth-order valence-electron chi connectivity index (χ4n) is 3.88. The molecule has 0 radical (unpaired) electrons. The summed E-state index contributed by atoms with van der Waals surface area (Å²) in [7, 11) is 0. The number of aryl methyl sites for hydroxylation is 1. The molecule has 4 rings (SSSR count). The van der Waals surface area contributed by atoms with Crippen molar-refractivity contribution in [3.05, 3.63) is 69.5 Å². The molecular formula is C24H26N2O3S. The van der Waals surface area contributed by atoms with Crippen LogP contribution in [0.1, 0.15) is 44.9 Å². The van der Waals surface area contributed by atoms with Crippen molar-refractivity contribution in [1.82, 2.24) is 9.13 Å². The van der Waals surface area contributed by atoms with E-state index in [2.05, 4.69) is 30.5 Å². The van der Waals surface area contributed by atoms with Crippen LogP contribution in [0.4, 0.5) is 0 Å². The van der Waals surface area contributed by atoms with Gasteiger partial charge >= 0.3 is 11.7 Å². The molecule has 156 valence electrons. The number of thiophene rings is 1. The molecule has 5 nitrogen and oxygen atoms in total. The summed E-state index contributed by atoms with van der Waals surface area (Å²) >= 11 is 1.69. The average Bonchev–Trinajstić information content (AvgIpc) is 3.21. The lowest BCUT2D eigenvalue weighted by Crippen LogP contribution is -2.34. The average molecular weight is 423 g/mol. The van der Waals surface area contributed by atoms with E-state index in [-0.39, 0.29) is 5.69 Å². The van der Waals surface area contributed by atoms with Gasteiger partial charge in [-0.2, -0.15) is 0 Å². The highest BCUT2D eigenvalue weighted by Crippen LogP contribution is 2.30. The summed E-state index contributed by atoms with van der Waals surface area (Å²) in [6.07, 6.45) is 0. The number of hydrogen-bond acceptors (Lipinski definition) is 4. The Morgan fingerprint density at radius 3 is 2.50 bits per heavy atom. The first kappa shape index (κ1) is 20.4. The van der Waals surface area contributed by atoms with Gasteiger partial charge in [-0.15, -0.1) is 11.3 Å². The molecule has 30 heavy (non-hydrogen) atoms. The number of para-hydroxylation sites is 2. The number of imidazole rings is 1. The molecule has 4 aromatic rings. The monoisotopic (exact) mass is 422 g/mol. The molecule has 2 aromatic carbocycles. The maximum absolute atomic E-state index is 13.5. The van der Waals surface area contributed by atoms with Gasteiger partial charge in [-0.1, -0.05) is 24.3 Å². The SMILES string of the molecule is Cc1cccc2scc(Cn3c(=O)n([C@@H](C)C(=O)OC(C)(C)C)c4ccccc43)c12. The third kappa shape index (κ3) is 3.56. The van der Waals surface area contributed by atoms with Crippen molar-refractivity contribution in [3.8, 4) is 0 Å². The third-order valence-corrected chi connectivity index (χ3v) is 6.21. The number of benzene rings is 2. The highest BCUT2D eigenvalue weighted by atomic mass is 32.1. The van der Waals surface area contributed by atoms with Crippen LogP contribution in [0.5, 0.6) is 0 Å². The van der Waals surface area contributed by atoms with Crippen LogP contribution in [0.2, 0.25) is 0 Å². The lowest BCUT2D eigenvalue weighted by atomic mass is 10.1. The van der Waals surface area contributed by atoms with Gasteiger partial charge in [0.2, 0.25) is 0 Å². The van der Waals surface area contributed by atoms with E-state index in [0.717, 1.165) is 16.6 Å². The molecule has 0 fully saturated rings. The van der Waals surface area contributed by atoms with E-state index >= 15 is 0 Å². The Balaban J connectivity index is 1.83. The van der Waals surface area contributed by atoms with Gasteiger partial charge in [-0.25, -0.2) is 9.59 Å². The molecule has 0 amide bonds. The molecular weight excluding hydrogens is 396 g/mol. The zero-order valence-corrected chi connectivity index (χ0v) is 18.7. The number of carbonyl (C=O) groups is 1. The van der Waals surface area contributed by atoms with Crippen molar-refractivity contribution >= 4 is 38.4 Å². The highest BCUT2D eigenvalue weighted by Gasteiger charge is 2.27. The first-order chi connectivity index (χ1) is 14.2. The Hall–Kier alpha value is -2.86. The van der Waals surface area contributed by atoms with Crippen molar-refractivity contribution in [2.24, 2.45) is 0 Å². The van der Waals surface area contributed by atoms with E-state index in [1.165, 1.54) is 15.6 Å². The number of hydrogen-bond donors (Lipinski definition) is 0. The summed E-state index contributed by atoms with van der Waals surface area (Å²) in [5.41, 5.74) is 3.04. The Labute approximate surface area is 179 Å². The van der Waals surface area contributed by atoms with E-state index < -0.39 is 17.6 Å². The smallest absolute Gasteiger partial charge is 0.330 e. The summed E-state index contributed by atoms with van der Waals surface area (Å²) in [5.74, 6) is -0.413. The number of aromatic nitrogens is 2. The second-order valence-electron chi connectivity index (χ2n) is 8.65. The molecule has 0 unspecified atom stereocenters. The van der Waals surface area contributed by atoms with Gasteiger partial charge in [0, 0.05) is 10.1 Å². The number of rotatable bonds is 4. The summed E-state index contributed by atoms with van der Waals surface area (Å²) in [6, 6.07) is 13.1. The third-order valence-electron chi connectivity index (χ3n) is 5.22. The van der Waals surface area contributed by atoms with Crippen molar-refractivity contribution < 1.29 is 9.53 Å². The lowest BCUT2D eigenvalue weighted by Gasteiger charge is -2.22. The van der Waals surface area contributed by atoms with Crippen LogP contribution in [-0.2, 0) is 16.1 Å². The van der Waals surface area contributed by atoms with Crippen LogP contribution in [0.25, 0.3) is 21.1 Å². The van der Waals surface area contributed by atoms with Gasteiger partial charge in [-0.05, 0) is 69.3 Å². The first-order valence-electron chi connectivity index (χ1n) is 10.1. The Bertz CT molecular complexity index is 1300. The van der Waals surface area contributed by atoms with E-state index in [0.29, 0.717) is 6.54 Å². The van der Waals surface area contributed by atoms with Crippen LogP contribution >= 0.6 is 11.3 Å². The highest BCUT2D eigenvalue weighted by molar-refractivity contribution is 7.17. The Morgan fingerprint density at radius 2 is 1.80 bits per heavy atom. The molecule has 0 spiro atoms. The molecule has 0 aliphatic heterocycles. The van der Waals surface area contributed by atoms with Crippen LogP contribution in [0.3, 0.4) is 0 Å². The van der Waals surface area contributed by atoms with Gasteiger partial charge in [0.05, 0.1) is 17.6 Å². The van der Waals surface area contributed by atoms with Gasteiger partial charge in [0.1, 0.15) is 11.6 Å². The minimum atomic E-state index is -0.719. The lowest BCUT2D eigenvalue weighted by molar-refractivity contribution is -0.158. The first-order valence-corrected chi connectivity index (χ1v) is 10.9. The second kappa shape index (κ2) is 7.43. The molecule has 0 saturated heterocycles. The molecule has 0 aliphatic rings. The molecule has 2 aromatic heterocycles. The summed E-state index contributed by atoms with van der Waals surface area (Å²) in [4.78, 5) is 26.2. The molecule has 0 aliphatic carbocycles. The largest absolute Gasteiger partial charge is 0.458 e. The number of esters is 1. The quantitative estimate of drug-likeness (QED) is 0.421. The van der Waals surface area contributed by atoms with E-state index in [4.69, 9.17) is 4.74 Å². The molecule has 1 atom stereocenters. The van der Waals surface area contributed by atoms with Crippen LogP contribution in [0.15, 0.2) is 52.6 Å². The number of carbonyl (C=O) groups excluding carboxylic acids is 1. The number of fused-ring (bicyclic) bond motifs is 2. The standard InChI is InChI=1S/C24H26N2O3S/c1-15-9-8-12-20-21(15)17(14-30-20)13-25-18-10-6-7-11-19(18)26(23(25)28)16(2)22(27)29-24(3,4)5/h6-12,14,16H,13H2,1-5H3/t16-/m0/s1. The number of ether oxygens (including phenoxy) is 1. The zero-order chi connectivity index (χ0) is 21.6. The molecule has 6 heteroatoms. The normalized spacial score (nSPS) is 13.1. The van der Waals surface area contributed by atoms with Gasteiger partial charge in [0.15, 0.2) is 0 Å². The summed E-state index contributed by atoms with van der Waals surface area (Å²) in [6.45, 7) is 9.75. The minimum Gasteiger partial charge on any atom is -0.458 e. The molecule has 0 saturated carbocycles. The number of nitrogens with zero attached hydrogens (tertiary/aromatic N) is 2. The van der Waals surface area contributed by atoms with Gasteiger partial charge < -0.3 is 4.74 Å². The Kier molecular flexibility index (Phi) is 5.06. The van der Waals surface area contributed by atoms with Crippen LogP contribution < -0.4 is 5.69 Å². The topological polar surface area (TPSA) is 53.2 Å². The van der Waals surface area contributed by atoms with Crippen molar-refractivity contribution in [1.29, 1.82) is 0 Å². The second-order valence-corrected chi connectivity index (χ2v) is 9.56. The van der Waals surface area contributed by atoms with E-state index in [1.807, 2.05) is 45.0 Å². The summed E-state index contributed by atoms with van der Waals surface area (Å²) in [5, 5.41) is 3.32. The Morgan fingerprint density at radius 1 is 1.10 bits per heavy atom. The predicted molar refractivity (Wildman–Crippen MR) is 122 cm³/mol. The van der Waals surface area contributed by atoms with E-state index in [9.17, 15) is 9.59 Å². The van der Waals surface area contributed by atoms with Crippen LogP contribution in [-0.4, -0.2) is 20.7 Å². The van der Waals surface area contributed by atoms with Gasteiger partial charge in [-0.3, -0.25) is 9.13 Å². The molecule has 2 heterocycles. The van der Waals surface area contributed by atoms with Crippen molar-refractivity contribution in [3.63, 3.8) is 0 Å². The van der Waals surface area contributed by atoms with Crippen LogP contribution in [0, 0.1) is 6.92 Å². The van der Waals surface area contributed by atoms with Gasteiger partial charge in [0.25, 0.3) is 0 Å². The predicted octanol–water partition coefficient (Wildman–Crippen LogP) is 5.28. The van der Waals surface area contributed by atoms with E-state index in [1.54, 1.807) is 27.4 Å². The fraction of sp³-hybridized carbons (Fsp3) is 0.333. The molecule has 0 N–H and O–H groups in total. The maximum Gasteiger partial charge on any atom is 0.330 e. The van der Waals surface area contributed by atoms with Crippen molar-refractivity contribution in [2.75, 3.05) is 0 Å². The summed E-state index contributed by atoms with van der Waals surface area (Å²) < 4.78 is 10.1. The fourth-order valence-corrected chi connectivity index (χ4v) is 4.91. The van der Waals surface area contributed by atoms with Crippen molar-refractivity contribution in [2.45, 2.75) is 52.8 Å². The zero-order valence-electron chi connectivity index (χ0n) is 17.9. The molecule has 0 bridgehead atoms. The minimum absolute atomic E-state index is 0.206. The maximum atomic E-state index is 13.5.